The number of hydrogen-bond donors (Lipinski definition) is 1. The van der Waals surface area contributed by atoms with Gasteiger partial charge in [-0.05, 0) is 48.9 Å². The molecule has 0 bridgehead atoms. The van der Waals surface area contributed by atoms with Crippen LogP contribution in [-0.4, -0.2) is 33.4 Å². The fraction of sp³-hybridized carbons (Fsp3) is 0.462. The summed E-state index contributed by atoms with van der Waals surface area (Å²) in [5, 5.41) is 11.5. The molecule has 108 valence electrons. The van der Waals surface area contributed by atoms with Gasteiger partial charge in [-0.25, -0.2) is 9.07 Å². The van der Waals surface area contributed by atoms with E-state index in [1.807, 2.05) is 13.8 Å². The molecule has 1 aromatic carbocycles. The first kappa shape index (κ1) is 14.4. The molecule has 1 aromatic heterocycles. The van der Waals surface area contributed by atoms with E-state index in [1.165, 1.54) is 6.07 Å². The van der Waals surface area contributed by atoms with Gasteiger partial charge in [-0.3, -0.25) is 0 Å². The molecule has 0 aliphatic rings. The average molecular weight is 279 g/mol. The predicted octanol–water partition coefficient (Wildman–Crippen LogP) is 1.97. The summed E-state index contributed by atoms with van der Waals surface area (Å²) in [6.45, 7) is 6.54. The molecule has 0 fully saturated rings. The molecule has 1 atom stereocenters. The molecular weight excluding hydrogens is 261 g/mol. The van der Waals surface area contributed by atoms with Crippen LogP contribution in [0.3, 0.4) is 0 Å². The number of rotatable bonds is 5. The summed E-state index contributed by atoms with van der Waals surface area (Å²) in [6.07, 6.45) is 0. The average Bonchev–Trinajstić information content (AvgIpc) is 2.89. The van der Waals surface area contributed by atoms with E-state index in [0.717, 1.165) is 0 Å². The molecule has 2 N–H and O–H groups in total. The number of nitrogens with zero attached hydrogens (tertiary/aromatic N) is 4. The topological polar surface area (TPSA) is 78.8 Å². The minimum absolute atomic E-state index is 0.0962. The first-order valence-electron chi connectivity index (χ1n) is 6.46. The van der Waals surface area contributed by atoms with E-state index < -0.39 is 0 Å². The van der Waals surface area contributed by atoms with Crippen LogP contribution >= 0.6 is 0 Å². The molecule has 0 aliphatic carbocycles. The van der Waals surface area contributed by atoms with Crippen molar-refractivity contribution in [3.63, 3.8) is 0 Å². The molecule has 7 heteroatoms. The van der Waals surface area contributed by atoms with Crippen LogP contribution in [0.5, 0.6) is 0 Å². The smallest absolute Gasteiger partial charge is 0.185 e. The molecule has 1 unspecified atom stereocenters. The first-order chi connectivity index (χ1) is 9.54. The van der Waals surface area contributed by atoms with Crippen molar-refractivity contribution >= 4 is 5.69 Å². The number of nitrogen functional groups attached to an aromatic ring is 1. The van der Waals surface area contributed by atoms with Crippen molar-refractivity contribution in [2.45, 2.75) is 26.8 Å². The number of anilines is 1. The lowest BCUT2D eigenvalue weighted by Crippen LogP contribution is -2.15. The van der Waals surface area contributed by atoms with E-state index in [1.54, 1.807) is 17.7 Å². The summed E-state index contributed by atoms with van der Waals surface area (Å²) in [6, 6.07) is 3.02. The molecule has 0 radical (unpaired) electrons. The van der Waals surface area contributed by atoms with E-state index in [0.29, 0.717) is 35.9 Å². The number of aryl methyl sites for hydroxylation is 1. The van der Waals surface area contributed by atoms with Gasteiger partial charge in [0.2, 0.25) is 0 Å². The Kier molecular flexibility index (Phi) is 4.29. The lowest BCUT2D eigenvalue weighted by atomic mass is 10.1. The zero-order valence-electron chi connectivity index (χ0n) is 11.8. The zero-order chi connectivity index (χ0) is 14.7. The normalized spacial score (nSPS) is 12.6. The van der Waals surface area contributed by atoms with E-state index in [-0.39, 0.29) is 11.9 Å². The molecule has 20 heavy (non-hydrogen) atoms. The van der Waals surface area contributed by atoms with Gasteiger partial charge in [-0.1, -0.05) is 0 Å². The third-order valence-electron chi connectivity index (χ3n) is 2.99. The van der Waals surface area contributed by atoms with Crippen molar-refractivity contribution in [2.24, 2.45) is 0 Å². The molecular formula is C13H18FN5O. The number of nitrogens with two attached hydrogens (primary N) is 1. The van der Waals surface area contributed by atoms with Crippen LogP contribution < -0.4 is 5.73 Å². The summed E-state index contributed by atoms with van der Waals surface area (Å²) in [7, 11) is 0. The second kappa shape index (κ2) is 5.96. The highest BCUT2D eigenvalue weighted by Crippen LogP contribution is 2.27. The first-order valence-corrected chi connectivity index (χ1v) is 6.46. The van der Waals surface area contributed by atoms with Gasteiger partial charge >= 0.3 is 0 Å². The number of tetrazole rings is 1. The van der Waals surface area contributed by atoms with Crippen molar-refractivity contribution in [1.82, 2.24) is 20.2 Å². The fourth-order valence-electron chi connectivity index (χ4n) is 1.99. The van der Waals surface area contributed by atoms with Crippen molar-refractivity contribution in [3.8, 4) is 11.4 Å². The number of benzene rings is 1. The minimum atomic E-state index is -0.362. The van der Waals surface area contributed by atoms with E-state index in [9.17, 15) is 4.39 Å². The van der Waals surface area contributed by atoms with Crippen LogP contribution in [0.25, 0.3) is 11.4 Å². The number of halogens is 1. The van der Waals surface area contributed by atoms with Crippen molar-refractivity contribution in [1.29, 1.82) is 0 Å². The van der Waals surface area contributed by atoms with Crippen molar-refractivity contribution in [3.05, 3.63) is 23.5 Å². The van der Waals surface area contributed by atoms with Crippen LogP contribution in [0.1, 0.15) is 25.5 Å². The van der Waals surface area contributed by atoms with Gasteiger partial charge in [0.05, 0.1) is 18.2 Å². The number of aromatic nitrogens is 4. The Balaban J connectivity index is 2.42. The summed E-state index contributed by atoms with van der Waals surface area (Å²) in [5.74, 6) is -0.0102. The molecule has 1 heterocycles. The molecule has 2 rings (SSSR count). The van der Waals surface area contributed by atoms with E-state index in [4.69, 9.17) is 10.5 Å². The highest BCUT2D eigenvalue weighted by molar-refractivity contribution is 5.63. The van der Waals surface area contributed by atoms with Gasteiger partial charge in [-0.15, -0.1) is 5.10 Å². The van der Waals surface area contributed by atoms with Gasteiger partial charge in [0, 0.05) is 12.3 Å². The second-order valence-electron chi connectivity index (χ2n) is 4.65. The van der Waals surface area contributed by atoms with E-state index >= 15 is 0 Å². The van der Waals surface area contributed by atoms with Crippen molar-refractivity contribution < 1.29 is 9.13 Å². The molecule has 0 saturated heterocycles. The largest absolute Gasteiger partial charge is 0.399 e. The van der Waals surface area contributed by atoms with Gasteiger partial charge in [0.1, 0.15) is 5.82 Å². The Morgan fingerprint density at radius 2 is 2.20 bits per heavy atom. The van der Waals surface area contributed by atoms with Gasteiger partial charge < -0.3 is 10.5 Å². The predicted molar refractivity (Wildman–Crippen MR) is 73.6 cm³/mol. The number of ether oxygens (including phenoxy) is 1. The summed E-state index contributed by atoms with van der Waals surface area (Å²) >= 11 is 0. The van der Waals surface area contributed by atoms with Gasteiger partial charge in [-0.2, -0.15) is 0 Å². The maximum Gasteiger partial charge on any atom is 0.185 e. The third-order valence-corrected chi connectivity index (χ3v) is 2.99. The van der Waals surface area contributed by atoms with Gasteiger partial charge in [0.25, 0.3) is 0 Å². The van der Waals surface area contributed by atoms with Gasteiger partial charge in [0.15, 0.2) is 5.82 Å². The lowest BCUT2D eigenvalue weighted by molar-refractivity contribution is 0.115. The monoisotopic (exact) mass is 279 g/mol. The Morgan fingerprint density at radius 1 is 1.45 bits per heavy atom. The Hall–Kier alpha value is -2.02. The lowest BCUT2D eigenvalue weighted by Gasteiger charge is -2.14. The zero-order valence-corrected chi connectivity index (χ0v) is 11.8. The third kappa shape index (κ3) is 2.77. The molecule has 0 aliphatic heterocycles. The summed E-state index contributed by atoms with van der Waals surface area (Å²) in [5.41, 5.74) is 7.02. The van der Waals surface area contributed by atoms with Crippen LogP contribution in [-0.2, 0) is 4.74 Å². The molecule has 0 saturated carbocycles. The Bertz CT molecular complexity index is 598. The standard InChI is InChI=1S/C13H18FN5O/c1-4-20-7-9(3)19-13(16-17-18-19)11-6-10(15)5-8(2)12(11)14/h5-6,9H,4,7,15H2,1-3H3. The highest BCUT2D eigenvalue weighted by Gasteiger charge is 2.19. The second-order valence-corrected chi connectivity index (χ2v) is 4.65. The van der Waals surface area contributed by atoms with Crippen molar-refractivity contribution in [2.75, 3.05) is 18.9 Å². The maximum atomic E-state index is 14.2. The van der Waals surface area contributed by atoms with Crippen LogP contribution in [0, 0.1) is 12.7 Å². The molecule has 0 amide bonds. The molecule has 6 nitrogen and oxygen atoms in total. The van der Waals surface area contributed by atoms with Crippen LogP contribution in [0.2, 0.25) is 0 Å². The maximum absolute atomic E-state index is 14.2. The summed E-state index contributed by atoms with van der Waals surface area (Å²) < 4.78 is 21.1. The number of hydrogen-bond acceptors (Lipinski definition) is 5. The fourth-order valence-corrected chi connectivity index (χ4v) is 1.99. The highest BCUT2D eigenvalue weighted by atomic mass is 19.1. The SMILES string of the molecule is CCOCC(C)n1nnnc1-c1cc(N)cc(C)c1F. The molecule has 2 aromatic rings. The van der Waals surface area contributed by atoms with E-state index in [2.05, 4.69) is 15.5 Å². The van der Waals surface area contributed by atoms with Crippen LogP contribution in [0.4, 0.5) is 10.1 Å². The summed E-state index contributed by atoms with van der Waals surface area (Å²) in [4.78, 5) is 0. The minimum Gasteiger partial charge on any atom is -0.399 e. The van der Waals surface area contributed by atoms with Crippen LogP contribution in [0.15, 0.2) is 12.1 Å². The molecule has 0 spiro atoms. The Labute approximate surface area is 116 Å². The Morgan fingerprint density at radius 3 is 2.90 bits per heavy atom. The quantitative estimate of drug-likeness (QED) is 0.846.